The second kappa shape index (κ2) is 6.24. The summed E-state index contributed by atoms with van der Waals surface area (Å²) < 4.78 is 0. The van der Waals surface area contributed by atoms with Crippen LogP contribution in [0.3, 0.4) is 0 Å². The molecule has 0 radical (unpaired) electrons. The fraction of sp³-hybridized carbons (Fsp3) is 0.727. The van der Waals surface area contributed by atoms with E-state index in [4.69, 9.17) is 0 Å². The van der Waals surface area contributed by atoms with E-state index in [1.54, 1.807) is 0 Å². The predicted octanol–water partition coefficient (Wildman–Crippen LogP) is 3.93. The SMILES string of the molecule is CCCC(C=C=C(C)C)CC. The highest BCUT2D eigenvalue weighted by Gasteiger charge is 1.97. The molecule has 0 aromatic heterocycles. The molecule has 0 aromatic carbocycles. The molecule has 0 aliphatic carbocycles. The summed E-state index contributed by atoms with van der Waals surface area (Å²) in [5, 5.41) is 0. The fourth-order valence-electron chi connectivity index (χ4n) is 1.06. The Morgan fingerprint density at radius 2 is 2.00 bits per heavy atom. The zero-order valence-electron chi connectivity index (χ0n) is 8.28. The van der Waals surface area contributed by atoms with Crippen LogP contribution in [0.2, 0.25) is 0 Å². The van der Waals surface area contributed by atoms with Crippen molar-refractivity contribution in [3.8, 4) is 0 Å². The van der Waals surface area contributed by atoms with Gasteiger partial charge < -0.3 is 0 Å². The Bertz CT molecular complexity index is 143. The Labute approximate surface area is 71.0 Å². The first-order chi connectivity index (χ1) is 5.20. The van der Waals surface area contributed by atoms with Crippen molar-refractivity contribution in [3.05, 3.63) is 17.4 Å². The molecule has 1 atom stereocenters. The van der Waals surface area contributed by atoms with Crippen molar-refractivity contribution in [2.45, 2.75) is 47.0 Å². The van der Waals surface area contributed by atoms with Gasteiger partial charge in [-0.05, 0) is 44.3 Å². The number of rotatable bonds is 4. The molecule has 0 spiro atoms. The third kappa shape index (κ3) is 5.94. The first-order valence-electron chi connectivity index (χ1n) is 4.60. The maximum absolute atomic E-state index is 3.27. The van der Waals surface area contributed by atoms with Crippen molar-refractivity contribution in [2.75, 3.05) is 0 Å². The van der Waals surface area contributed by atoms with Gasteiger partial charge in [-0.3, -0.25) is 0 Å². The van der Waals surface area contributed by atoms with Crippen LogP contribution in [-0.2, 0) is 0 Å². The summed E-state index contributed by atoms with van der Waals surface area (Å²) in [5.41, 5.74) is 4.55. The first kappa shape index (κ1) is 10.5. The molecule has 1 unspecified atom stereocenters. The smallest absolute Gasteiger partial charge is 0.0160 e. The average molecular weight is 152 g/mol. The van der Waals surface area contributed by atoms with E-state index in [0.717, 1.165) is 5.92 Å². The monoisotopic (exact) mass is 152 g/mol. The molecule has 0 nitrogen and oxygen atoms in total. The molecule has 11 heavy (non-hydrogen) atoms. The molecule has 0 rings (SSSR count). The Balaban J connectivity index is 3.96. The van der Waals surface area contributed by atoms with Crippen molar-refractivity contribution in [1.29, 1.82) is 0 Å². The summed E-state index contributed by atoms with van der Waals surface area (Å²) in [6.07, 6.45) is 6.04. The van der Waals surface area contributed by atoms with Gasteiger partial charge >= 0.3 is 0 Å². The van der Waals surface area contributed by atoms with E-state index < -0.39 is 0 Å². The van der Waals surface area contributed by atoms with Gasteiger partial charge in [0.1, 0.15) is 0 Å². The van der Waals surface area contributed by atoms with E-state index in [0.29, 0.717) is 0 Å². The summed E-state index contributed by atoms with van der Waals surface area (Å²) in [4.78, 5) is 0. The molecule has 0 N–H and O–H groups in total. The first-order valence-corrected chi connectivity index (χ1v) is 4.60. The second-order valence-electron chi connectivity index (χ2n) is 3.27. The molecule has 0 heteroatoms. The lowest BCUT2D eigenvalue weighted by molar-refractivity contribution is 0.563. The summed E-state index contributed by atoms with van der Waals surface area (Å²) in [6.45, 7) is 8.66. The van der Waals surface area contributed by atoms with Gasteiger partial charge in [0.25, 0.3) is 0 Å². The van der Waals surface area contributed by atoms with Crippen LogP contribution < -0.4 is 0 Å². The standard InChI is InChI=1S/C11H20/c1-5-7-11(6-2)9-8-10(3)4/h9,11H,5-7H2,1-4H3. The summed E-state index contributed by atoms with van der Waals surface area (Å²) >= 11 is 0. The molecule has 0 bridgehead atoms. The molecule has 0 fully saturated rings. The van der Waals surface area contributed by atoms with Gasteiger partial charge in [-0.15, -0.1) is 5.73 Å². The van der Waals surface area contributed by atoms with E-state index in [-0.39, 0.29) is 0 Å². The van der Waals surface area contributed by atoms with Gasteiger partial charge in [0.05, 0.1) is 0 Å². The maximum atomic E-state index is 3.27. The number of hydrogen-bond acceptors (Lipinski definition) is 0. The molecule has 0 aliphatic heterocycles. The molecule has 0 saturated carbocycles. The topological polar surface area (TPSA) is 0 Å². The highest BCUT2D eigenvalue weighted by molar-refractivity contribution is 4.96. The Kier molecular flexibility index (Phi) is 5.97. The van der Waals surface area contributed by atoms with Crippen LogP contribution in [0, 0.1) is 5.92 Å². The maximum Gasteiger partial charge on any atom is -0.0160 e. The predicted molar refractivity (Wildman–Crippen MR) is 51.6 cm³/mol. The fourth-order valence-corrected chi connectivity index (χ4v) is 1.06. The number of hydrogen-bond donors (Lipinski definition) is 0. The minimum Gasteiger partial charge on any atom is -0.126 e. The molecule has 0 saturated heterocycles. The molecular formula is C11H20. The van der Waals surface area contributed by atoms with Crippen LogP contribution in [0.1, 0.15) is 47.0 Å². The second-order valence-corrected chi connectivity index (χ2v) is 3.27. The zero-order valence-corrected chi connectivity index (χ0v) is 8.28. The van der Waals surface area contributed by atoms with E-state index in [1.165, 1.54) is 24.8 Å². The summed E-state index contributed by atoms with van der Waals surface area (Å²) in [6, 6.07) is 0. The lowest BCUT2D eigenvalue weighted by atomic mass is 10.0. The van der Waals surface area contributed by atoms with Crippen LogP contribution >= 0.6 is 0 Å². The third-order valence-corrected chi connectivity index (χ3v) is 1.79. The van der Waals surface area contributed by atoms with Crippen LogP contribution in [0.4, 0.5) is 0 Å². The minimum absolute atomic E-state index is 0.745. The molecule has 64 valence electrons. The van der Waals surface area contributed by atoms with Crippen molar-refractivity contribution in [2.24, 2.45) is 5.92 Å². The number of allylic oxidation sites excluding steroid dienone is 1. The van der Waals surface area contributed by atoms with Crippen molar-refractivity contribution in [1.82, 2.24) is 0 Å². The highest BCUT2D eigenvalue weighted by Crippen LogP contribution is 2.11. The van der Waals surface area contributed by atoms with Gasteiger partial charge in [-0.25, -0.2) is 0 Å². The molecule has 0 heterocycles. The van der Waals surface area contributed by atoms with Crippen LogP contribution in [0.5, 0.6) is 0 Å². The quantitative estimate of drug-likeness (QED) is 0.535. The van der Waals surface area contributed by atoms with Crippen molar-refractivity contribution in [3.63, 3.8) is 0 Å². The Morgan fingerprint density at radius 1 is 1.36 bits per heavy atom. The largest absolute Gasteiger partial charge is 0.126 e. The molecule has 0 amide bonds. The van der Waals surface area contributed by atoms with Crippen molar-refractivity contribution >= 4 is 0 Å². The van der Waals surface area contributed by atoms with Gasteiger partial charge in [-0.1, -0.05) is 20.3 Å². The van der Waals surface area contributed by atoms with Gasteiger partial charge in [0, 0.05) is 0 Å². The van der Waals surface area contributed by atoms with Gasteiger partial charge in [0.2, 0.25) is 0 Å². The van der Waals surface area contributed by atoms with E-state index >= 15 is 0 Å². The lowest BCUT2D eigenvalue weighted by Gasteiger charge is -2.04. The van der Waals surface area contributed by atoms with Gasteiger partial charge in [-0.2, -0.15) is 0 Å². The van der Waals surface area contributed by atoms with Gasteiger partial charge in [0.15, 0.2) is 0 Å². The van der Waals surface area contributed by atoms with Crippen LogP contribution in [0.15, 0.2) is 17.4 Å². The van der Waals surface area contributed by atoms with E-state index in [1.807, 2.05) is 0 Å². The third-order valence-electron chi connectivity index (χ3n) is 1.79. The summed E-state index contributed by atoms with van der Waals surface area (Å²) in [5.74, 6) is 0.745. The Hall–Kier alpha value is -0.480. The normalized spacial score (nSPS) is 12.0. The zero-order chi connectivity index (χ0) is 8.69. The van der Waals surface area contributed by atoms with Crippen LogP contribution in [0.25, 0.3) is 0 Å². The summed E-state index contributed by atoms with van der Waals surface area (Å²) in [7, 11) is 0. The molecular weight excluding hydrogens is 132 g/mol. The van der Waals surface area contributed by atoms with E-state index in [9.17, 15) is 0 Å². The van der Waals surface area contributed by atoms with Crippen LogP contribution in [-0.4, -0.2) is 0 Å². The molecule has 0 aromatic rings. The average Bonchev–Trinajstić information content (AvgIpc) is 1.97. The molecule has 0 aliphatic rings. The minimum atomic E-state index is 0.745. The van der Waals surface area contributed by atoms with Crippen molar-refractivity contribution < 1.29 is 0 Å². The highest BCUT2D eigenvalue weighted by atomic mass is 14.0. The Morgan fingerprint density at radius 3 is 2.36 bits per heavy atom. The van der Waals surface area contributed by atoms with E-state index in [2.05, 4.69) is 39.5 Å². The lowest BCUT2D eigenvalue weighted by Crippen LogP contribution is -1.91.